The Kier molecular flexibility index (Phi) is 5.00. The van der Waals surface area contributed by atoms with Gasteiger partial charge < -0.3 is 0 Å². The van der Waals surface area contributed by atoms with E-state index >= 15 is 0 Å². The average Bonchev–Trinajstić information content (AvgIpc) is 3.41. The van der Waals surface area contributed by atoms with E-state index in [0.29, 0.717) is 0 Å². The third-order valence-electron chi connectivity index (χ3n) is 7.82. The Morgan fingerprint density at radius 1 is 0.538 bits per heavy atom. The molecule has 6 aromatic carbocycles. The van der Waals surface area contributed by atoms with Crippen LogP contribution in [0.2, 0.25) is 0 Å². The first-order valence-corrected chi connectivity index (χ1v) is 15.9. The monoisotopic (exact) mass is 534 g/mol. The van der Waals surface area contributed by atoms with Crippen LogP contribution in [0, 0.1) is 0 Å². The molecule has 0 radical (unpaired) electrons. The van der Waals surface area contributed by atoms with Crippen molar-refractivity contribution >= 4 is 82.9 Å². The Morgan fingerprint density at radius 3 is 1.92 bits per heavy atom. The van der Waals surface area contributed by atoms with Crippen molar-refractivity contribution in [2.45, 2.75) is 0 Å². The lowest BCUT2D eigenvalue weighted by atomic mass is 10.0. The number of fused-ring (bicyclic) bond motifs is 10. The van der Waals surface area contributed by atoms with Gasteiger partial charge in [-0.15, -0.1) is 0 Å². The van der Waals surface area contributed by atoms with E-state index in [2.05, 4.69) is 144 Å². The molecule has 0 fully saturated rings. The molecule has 0 bridgehead atoms. The summed E-state index contributed by atoms with van der Waals surface area (Å²) >= 11 is 6.87. The standard InChI is InChI=1S/C35H23N2PS/c39-38(25-13-3-1-4-14-25,26-15-5-2-6-16-26)32-21-11-12-24-22-23-28-27-17-7-8-18-29(27)35-36-30-19-9-10-20-31(30)37(35)34(28)33(24)32/h1-23H. The molecule has 0 saturated carbocycles. The van der Waals surface area contributed by atoms with Crippen LogP contribution in [0.5, 0.6) is 0 Å². The van der Waals surface area contributed by atoms with Crippen molar-refractivity contribution in [1.82, 2.24) is 9.38 Å². The first-order chi connectivity index (χ1) is 19.2. The zero-order chi connectivity index (χ0) is 26.0. The number of hydrogen-bond donors (Lipinski definition) is 0. The molecule has 0 aliphatic rings. The number of pyridine rings is 1. The zero-order valence-corrected chi connectivity index (χ0v) is 22.7. The Hall–Kier alpha value is -4.30. The van der Waals surface area contributed by atoms with Crippen molar-refractivity contribution in [1.29, 1.82) is 0 Å². The molecule has 184 valence electrons. The number of rotatable bonds is 3. The summed E-state index contributed by atoms with van der Waals surface area (Å²) in [6.45, 7) is 0. The summed E-state index contributed by atoms with van der Waals surface area (Å²) < 4.78 is 2.37. The summed E-state index contributed by atoms with van der Waals surface area (Å²) in [4.78, 5) is 5.15. The lowest BCUT2D eigenvalue weighted by Crippen LogP contribution is -2.25. The summed E-state index contributed by atoms with van der Waals surface area (Å²) in [6.07, 6.45) is 0. The van der Waals surface area contributed by atoms with Crippen LogP contribution in [0.4, 0.5) is 0 Å². The molecule has 4 heteroatoms. The summed E-state index contributed by atoms with van der Waals surface area (Å²) in [5.41, 5.74) is 4.26. The first kappa shape index (κ1) is 22.7. The van der Waals surface area contributed by atoms with Crippen molar-refractivity contribution in [3.8, 4) is 0 Å². The van der Waals surface area contributed by atoms with Gasteiger partial charge in [0.15, 0.2) is 0 Å². The summed E-state index contributed by atoms with van der Waals surface area (Å²) in [5.74, 6) is 0. The van der Waals surface area contributed by atoms with Crippen LogP contribution in [0.3, 0.4) is 0 Å². The number of imidazole rings is 1. The van der Waals surface area contributed by atoms with Gasteiger partial charge in [-0.2, -0.15) is 0 Å². The number of para-hydroxylation sites is 2. The minimum Gasteiger partial charge on any atom is -0.291 e. The van der Waals surface area contributed by atoms with Gasteiger partial charge in [-0.3, -0.25) is 4.40 Å². The maximum absolute atomic E-state index is 6.87. The predicted octanol–water partition coefficient (Wildman–Crippen LogP) is 7.70. The fraction of sp³-hybridized carbons (Fsp3) is 0. The van der Waals surface area contributed by atoms with Gasteiger partial charge in [0.05, 0.1) is 16.6 Å². The Labute approximate surface area is 231 Å². The molecule has 0 unspecified atom stereocenters. The highest BCUT2D eigenvalue weighted by molar-refractivity contribution is 8.25. The first-order valence-electron chi connectivity index (χ1n) is 13.1. The molecule has 39 heavy (non-hydrogen) atoms. The maximum Gasteiger partial charge on any atom is 0.146 e. The average molecular weight is 535 g/mol. The topological polar surface area (TPSA) is 17.3 Å². The minimum atomic E-state index is -2.41. The van der Waals surface area contributed by atoms with Crippen LogP contribution in [-0.2, 0) is 11.8 Å². The fourth-order valence-corrected chi connectivity index (χ4v) is 10.2. The van der Waals surface area contributed by atoms with Gasteiger partial charge in [0.25, 0.3) is 0 Å². The minimum absolute atomic E-state index is 0.981. The Bertz CT molecular complexity index is 2210. The van der Waals surface area contributed by atoms with Crippen LogP contribution in [-0.4, -0.2) is 9.38 Å². The quantitative estimate of drug-likeness (QED) is 0.171. The smallest absolute Gasteiger partial charge is 0.146 e. The molecule has 0 spiro atoms. The van der Waals surface area contributed by atoms with E-state index in [1.54, 1.807) is 0 Å². The van der Waals surface area contributed by atoms with Crippen LogP contribution in [0.25, 0.3) is 49.1 Å². The van der Waals surface area contributed by atoms with Gasteiger partial charge in [-0.05, 0) is 33.5 Å². The van der Waals surface area contributed by atoms with E-state index in [0.717, 1.165) is 22.1 Å². The zero-order valence-electron chi connectivity index (χ0n) is 21.0. The second-order valence-electron chi connectivity index (χ2n) is 9.92. The van der Waals surface area contributed by atoms with E-state index in [-0.39, 0.29) is 0 Å². The SMILES string of the molecule is S=P(c1ccccc1)(c1ccccc1)c1cccc2ccc3c4ccccc4c4nc5ccccc5n4c3c12. The number of hydrogen-bond acceptors (Lipinski definition) is 2. The largest absolute Gasteiger partial charge is 0.291 e. The van der Waals surface area contributed by atoms with Crippen LogP contribution >= 0.6 is 6.04 Å². The molecule has 2 heterocycles. The third-order valence-corrected chi connectivity index (χ3v) is 12.8. The summed E-state index contributed by atoms with van der Waals surface area (Å²) in [5, 5.41) is 9.59. The van der Waals surface area contributed by atoms with Crippen molar-refractivity contribution in [2.24, 2.45) is 0 Å². The molecule has 2 aromatic heterocycles. The molecule has 0 saturated heterocycles. The van der Waals surface area contributed by atoms with E-state index < -0.39 is 6.04 Å². The highest BCUT2D eigenvalue weighted by Gasteiger charge is 2.28. The highest BCUT2D eigenvalue weighted by Crippen LogP contribution is 2.46. The summed E-state index contributed by atoms with van der Waals surface area (Å²) in [7, 11) is 0. The second kappa shape index (κ2) is 8.61. The second-order valence-corrected chi connectivity index (χ2v) is 14.3. The van der Waals surface area contributed by atoms with Crippen molar-refractivity contribution in [3.63, 3.8) is 0 Å². The van der Waals surface area contributed by atoms with Crippen LogP contribution < -0.4 is 15.9 Å². The van der Waals surface area contributed by atoms with Crippen LogP contribution in [0.1, 0.15) is 0 Å². The normalized spacial score (nSPS) is 12.2. The van der Waals surface area contributed by atoms with Crippen molar-refractivity contribution in [2.75, 3.05) is 0 Å². The molecule has 2 nitrogen and oxygen atoms in total. The molecular formula is C35H23N2PS. The van der Waals surface area contributed by atoms with E-state index in [4.69, 9.17) is 16.8 Å². The van der Waals surface area contributed by atoms with E-state index in [1.807, 2.05) is 0 Å². The van der Waals surface area contributed by atoms with Gasteiger partial charge >= 0.3 is 0 Å². The van der Waals surface area contributed by atoms with Gasteiger partial charge in [0.1, 0.15) is 5.65 Å². The molecule has 0 N–H and O–H groups in total. The van der Waals surface area contributed by atoms with Gasteiger partial charge in [-0.1, -0.05) is 139 Å². The van der Waals surface area contributed by atoms with Crippen molar-refractivity contribution in [3.05, 3.63) is 140 Å². The molecule has 0 aliphatic heterocycles. The number of benzene rings is 6. The molecule has 8 aromatic rings. The molecule has 8 rings (SSSR count). The van der Waals surface area contributed by atoms with Gasteiger partial charge in [0, 0.05) is 27.5 Å². The maximum atomic E-state index is 6.87. The summed E-state index contributed by atoms with van der Waals surface area (Å²) in [6, 6.07) is 47.2. The Balaban J connectivity index is 1.66. The van der Waals surface area contributed by atoms with E-state index in [9.17, 15) is 0 Å². The predicted molar refractivity (Wildman–Crippen MR) is 171 cm³/mol. The number of nitrogens with zero attached hydrogens (tertiary/aromatic N) is 2. The number of aromatic nitrogens is 2. The van der Waals surface area contributed by atoms with Gasteiger partial charge in [0.2, 0.25) is 0 Å². The lowest BCUT2D eigenvalue weighted by molar-refractivity contribution is 1.33. The van der Waals surface area contributed by atoms with Crippen LogP contribution in [0.15, 0.2) is 140 Å². The van der Waals surface area contributed by atoms with E-state index in [1.165, 1.54) is 43.0 Å². The molecular weight excluding hydrogens is 511 g/mol. The lowest BCUT2D eigenvalue weighted by Gasteiger charge is -2.26. The fourth-order valence-electron chi connectivity index (χ4n) is 6.10. The molecule has 0 atom stereocenters. The molecule has 0 amide bonds. The van der Waals surface area contributed by atoms with Crippen molar-refractivity contribution < 1.29 is 0 Å². The highest BCUT2D eigenvalue weighted by atomic mass is 32.4. The van der Waals surface area contributed by atoms with Gasteiger partial charge in [-0.25, -0.2) is 4.98 Å². The third kappa shape index (κ3) is 3.21. The Morgan fingerprint density at radius 2 is 1.18 bits per heavy atom. The molecule has 0 aliphatic carbocycles.